The molecule has 0 saturated heterocycles. The molecule has 0 aromatic heterocycles. The molecule has 4 saturated carbocycles. The highest BCUT2D eigenvalue weighted by molar-refractivity contribution is 5.87. The first-order chi connectivity index (χ1) is 18.8. The Balaban J connectivity index is 1.63. The van der Waals surface area contributed by atoms with Gasteiger partial charge < -0.3 is 25.2 Å². The third kappa shape index (κ3) is 3.98. The Bertz CT molecular complexity index is 1140. The fourth-order valence-electron chi connectivity index (χ4n) is 11.4. The van der Waals surface area contributed by atoms with E-state index in [1.165, 1.54) is 0 Å². The van der Waals surface area contributed by atoms with Crippen molar-refractivity contribution >= 4 is 5.97 Å². The molecule has 232 valence electrons. The summed E-state index contributed by atoms with van der Waals surface area (Å²) in [5.74, 6) is -0.00730. The van der Waals surface area contributed by atoms with E-state index in [0.717, 1.165) is 44.1 Å². The molecule has 0 aromatic rings. The van der Waals surface area contributed by atoms with Crippen molar-refractivity contribution in [2.24, 2.45) is 50.2 Å². The van der Waals surface area contributed by atoms with Crippen LogP contribution in [0, 0.1) is 50.2 Å². The number of carbonyl (C=O) groups excluding carboxylic acids is 1. The molecule has 6 nitrogen and oxygen atoms in total. The number of aliphatic hydroxyl groups excluding tert-OH is 4. The van der Waals surface area contributed by atoms with Gasteiger partial charge in [-0.15, -0.1) is 0 Å². The topological polar surface area (TPSA) is 107 Å². The summed E-state index contributed by atoms with van der Waals surface area (Å²) < 4.78 is 5.83. The fourth-order valence-corrected chi connectivity index (χ4v) is 11.4. The van der Waals surface area contributed by atoms with Gasteiger partial charge in [0.25, 0.3) is 0 Å². The maximum atomic E-state index is 12.8. The molecule has 0 heterocycles. The molecular formula is C35H56O6. The molecular weight excluding hydrogens is 516 g/mol. The van der Waals surface area contributed by atoms with Gasteiger partial charge in [0.15, 0.2) is 0 Å². The van der Waals surface area contributed by atoms with Crippen molar-refractivity contribution in [2.45, 2.75) is 132 Å². The minimum absolute atomic E-state index is 0.00483. The van der Waals surface area contributed by atoms with Crippen LogP contribution in [0.1, 0.15) is 107 Å². The summed E-state index contributed by atoms with van der Waals surface area (Å²) in [5.41, 5.74) is -0.881. The lowest BCUT2D eigenvalue weighted by atomic mass is 9.32. The number of carbonyl (C=O) groups is 1. The zero-order valence-corrected chi connectivity index (χ0v) is 27.0. The molecule has 5 aliphatic carbocycles. The lowest BCUT2D eigenvalue weighted by Gasteiger charge is -2.73. The van der Waals surface area contributed by atoms with Crippen LogP contribution in [0.2, 0.25) is 0 Å². The van der Waals surface area contributed by atoms with Gasteiger partial charge in [0, 0.05) is 11.0 Å². The largest absolute Gasteiger partial charge is 0.462 e. The number of hydrogen-bond acceptors (Lipinski definition) is 6. The minimum Gasteiger partial charge on any atom is -0.462 e. The molecule has 5 aliphatic rings. The Morgan fingerprint density at radius 2 is 1.59 bits per heavy atom. The van der Waals surface area contributed by atoms with Crippen LogP contribution in [0.25, 0.3) is 0 Å². The predicted octanol–water partition coefficient (Wildman–Crippen LogP) is 5.57. The number of ether oxygens (including phenoxy) is 1. The Hall–Kier alpha value is -1.21. The average molecular weight is 573 g/mol. The van der Waals surface area contributed by atoms with Crippen LogP contribution in [0.5, 0.6) is 0 Å². The van der Waals surface area contributed by atoms with Crippen molar-refractivity contribution in [1.82, 2.24) is 0 Å². The molecule has 0 amide bonds. The monoisotopic (exact) mass is 572 g/mol. The first-order valence-corrected chi connectivity index (χ1v) is 16.1. The standard InChI is InChI=1S/C35H56O6/c1-10-20(2)29(40)41-19-35-22(17-30(3,4)18-26(35)37)21-11-12-24-32(7)15-14-25(36)31(5,6)23(32)13-16-33(24,8)34(21,9)27(38)28(35)39/h10-11,22-28,36-39H,12-19H2,1-9H3/b20-10-/t22-,23-,24+,25?,26?,27?,28?,32-,33+,34-,35+/m0/s1. The van der Waals surface area contributed by atoms with Crippen molar-refractivity contribution in [3.63, 3.8) is 0 Å². The lowest BCUT2D eigenvalue weighted by Crippen LogP contribution is -2.74. The zero-order valence-electron chi connectivity index (χ0n) is 27.0. The quantitative estimate of drug-likeness (QED) is 0.200. The predicted molar refractivity (Wildman–Crippen MR) is 160 cm³/mol. The highest BCUT2D eigenvalue weighted by atomic mass is 16.5. The van der Waals surface area contributed by atoms with Gasteiger partial charge in [0.2, 0.25) is 0 Å². The van der Waals surface area contributed by atoms with Crippen molar-refractivity contribution in [3.8, 4) is 0 Å². The third-order valence-corrected chi connectivity index (χ3v) is 14.2. The number of fused-ring (bicyclic) bond motifs is 7. The van der Waals surface area contributed by atoms with Crippen LogP contribution in [-0.4, -0.2) is 57.4 Å². The lowest BCUT2D eigenvalue weighted by molar-refractivity contribution is -0.273. The fraction of sp³-hybridized carbons (Fsp3) is 0.857. The van der Waals surface area contributed by atoms with Gasteiger partial charge in [0.1, 0.15) is 6.61 Å². The van der Waals surface area contributed by atoms with E-state index >= 15 is 0 Å². The second-order valence-electron chi connectivity index (χ2n) is 16.7. The smallest absolute Gasteiger partial charge is 0.333 e. The van der Waals surface area contributed by atoms with Gasteiger partial charge in [-0.3, -0.25) is 0 Å². The summed E-state index contributed by atoms with van der Waals surface area (Å²) >= 11 is 0. The molecule has 4 N–H and O–H groups in total. The molecule has 0 aliphatic heterocycles. The third-order valence-electron chi connectivity index (χ3n) is 14.2. The maximum Gasteiger partial charge on any atom is 0.333 e. The van der Waals surface area contributed by atoms with E-state index in [4.69, 9.17) is 4.74 Å². The number of hydrogen-bond donors (Lipinski definition) is 4. The normalized spacial score (nSPS) is 50.4. The van der Waals surface area contributed by atoms with Gasteiger partial charge in [0.05, 0.1) is 29.8 Å². The van der Waals surface area contributed by atoms with Crippen LogP contribution in [0.15, 0.2) is 23.3 Å². The van der Waals surface area contributed by atoms with E-state index in [1.54, 1.807) is 19.9 Å². The van der Waals surface area contributed by atoms with Crippen LogP contribution in [0.4, 0.5) is 0 Å². The van der Waals surface area contributed by atoms with E-state index in [-0.39, 0.29) is 40.3 Å². The molecule has 5 rings (SSSR count). The molecule has 41 heavy (non-hydrogen) atoms. The Morgan fingerprint density at radius 1 is 0.927 bits per heavy atom. The molecule has 0 spiro atoms. The van der Waals surface area contributed by atoms with E-state index < -0.39 is 35.1 Å². The summed E-state index contributed by atoms with van der Waals surface area (Å²) in [6, 6.07) is 0. The van der Waals surface area contributed by atoms with Gasteiger partial charge in [-0.25, -0.2) is 4.79 Å². The zero-order chi connectivity index (χ0) is 30.6. The van der Waals surface area contributed by atoms with E-state index in [2.05, 4.69) is 54.5 Å². The Kier molecular flexibility index (Phi) is 7.34. The van der Waals surface area contributed by atoms with Crippen LogP contribution < -0.4 is 0 Å². The Morgan fingerprint density at radius 3 is 2.22 bits per heavy atom. The number of aliphatic hydroxyl groups is 4. The number of rotatable bonds is 3. The summed E-state index contributed by atoms with van der Waals surface area (Å²) in [6.45, 7) is 19.1. The van der Waals surface area contributed by atoms with Gasteiger partial charge in [-0.1, -0.05) is 66.2 Å². The first-order valence-electron chi connectivity index (χ1n) is 16.1. The van der Waals surface area contributed by atoms with Crippen LogP contribution in [-0.2, 0) is 9.53 Å². The second kappa shape index (κ2) is 9.64. The van der Waals surface area contributed by atoms with E-state index in [9.17, 15) is 25.2 Å². The Labute approximate surface area is 247 Å². The maximum absolute atomic E-state index is 12.8. The van der Waals surface area contributed by atoms with E-state index in [1.807, 2.05) is 0 Å². The van der Waals surface area contributed by atoms with Gasteiger partial charge in [-0.2, -0.15) is 0 Å². The first kappa shape index (κ1) is 31.2. The molecule has 0 radical (unpaired) electrons. The minimum atomic E-state index is -1.25. The summed E-state index contributed by atoms with van der Waals surface area (Å²) in [7, 11) is 0. The summed E-state index contributed by atoms with van der Waals surface area (Å²) in [6.07, 6.45) is 6.18. The molecule has 0 bridgehead atoms. The SMILES string of the molecule is C/C=C(/C)C(=O)OC[C@]12C(O)CC(C)(C)C[C@H]1C1=CC[C@@H]3[C@@]4(C)CCC(O)C(C)(C)[C@@H]4CC[C@@]3(C)[C@]1(C)C(O)C2O. The van der Waals surface area contributed by atoms with Crippen molar-refractivity contribution in [2.75, 3.05) is 6.61 Å². The number of allylic oxidation sites excluding steroid dienone is 2. The van der Waals surface area contributed by atoms with E-state index in [0.29, 0.717) is 23.8 Å². The number of esters is 1. The van der Waals surface area contributed by atoms with Crippen LogP contribution >= 0.6 is 0 Å². The summed E-state index contributed by atoms with van der Waals surface area (Å²) in [4.78, 5) is 12.8. The van der Waals surface area contributed by atoms with Gasteiger partial charge in [-0.05, 0) is 98.2 Å². The van der Waals surface area contributed by atoms with Gasteiger partial charge >= 0.3 is 5.97 Å². The molecule has 0 aromatic carbocycles. The molecule has 6 heteroatoms. The highest BCUT2D eigenvalue weighted by Gasteiger charge is 2.74. The average Bonchev–Trinajstić information content (AvgIpc) is 2.88. The van der Waals surface area contributed by atoms with Crippen molar-refractivity contribution < 1.29 is 30.0 Å². The highest BCUT2D eigenvalue weighted by Crippen LogP contribution is 2.75. The van der Waals surface area contributed by atoms with Crippen molar-refractivity contribution in [1.29, 1.82) is 0 Å². The van der Waals surface area contributed by atoms with Crippen LogP contribution in [0.3, 0.4) is 0 Å². The summed E-state index contributed by atoms with van der Waals surface area (Å²) in [5, 5.41) is 47.4. The molecule has 4 unspecified atom stereocenters. The van der Waals surface area contributed by atoms with Crippen molar-refractivity contribution in [3.05, 3.63) is 23.3 Å². The molecule has 4 fully saturated rings. The second-order valence-corrected chi connectivity index (χ2v) is 16.7. The molecule has 11 atom stereocenters.